The Bertz CT molecular complexity index is 785. The van der Waals surface area contributed by atoms with E-state index in [1.165, 1.54) is 31.2 Å². The summed E-state index contributed by atoms with van der Waals surface area (Å²) in [5.41, 5.74) is 15.3. The van der Waals surface area contributed by atoms with E-state index in [0.717, 1.165) is 17.8 Å². The first kappa shape index (κ1) is 18.2. The lowest BCUT2D eigenvalue weighted by Gasteiger charge is -2.37. The van der Waals surface area contributed by atoms with Crippen molar-refractivity contribution >= 4 is 12.1 Å². The van der Waals surface area contributed by atoms with Crippen LogP contribution in [0.1, 0.15) is 56.6 Å². The van der Waals surface area contributed by atoms with Crippen LogP contribution in [0.15, 0.2) is 45.8 Å². The van der Waals surface area contributed by atoms with Crippen molar-refractivity contribution in [3.05, 3.63) is 46.9 Å². The van der Waals surface area contributed by atoms with E-state index >= 15 is 0 Å². The number of nitrogens with one attached hydrogen (secondary N) is 1. The quantitative estimate of drug-likeness (QED) is 0.765. The Labute approximate surface area is 160 Å². The molecule has 1 atom stereocenters. The van der Waals surface area contributed by atoms with Crippen LogP contribution in [0.2, 0.25) is 0 Å². The van der Waals surface area contributed by atoms with Crippen LogP contribution in [0.3, 0.4) is 0 Å². The fraction of sp³-hybridized carbons (Fsp3) is 0.524. The molecule has 3 aliphatic rings. The van der Waals surface area contributed by atoms with Crippen molar-refractivity contribution in [3.63, 3.8) is 0 Å². The summed E-state index contributed by atoms with van der Waals surface area (Å²) < 4.78 is 6.17. The van der Waals surface area contributed by atoms with Crippen LogP contribution >= 0.6 is 0 Å². The standard InChI is InChI=1S/C21H29N5O/c1-21(2)18(26-17-19(23)24-12-25-20(17)27-21)16-9-7-15(8-10-16)14-5-3-13(11-22)4-6-14/h7-10,12-14,20H,3-6,11,22-23H2,1-2H3,(H,24,25). The molecule has 0 amide bonds. The molecule has 2 aliphatic heterocycles. The zero-order chi connectivity index (χ0) is 19.0. The van der Waals surface area contributed by atoms with Gasteiger partial charge in [0.2, 0.25) is 0 Å². The second-order valence-electron chi connectivity index (χ2n) is 8.24. The lowest BCUT2D eigenvalue weighted by Crippen LogP contribution is -2.46. The average Bonchev–Trinajstić information content (AvgIpc) is 2.67. The minimum atomic E-state index is -0.538. The fourth-order valence-electron chi connectivity index (χ4n) is 4.30. The summed E-state index contributed by atoms with van der Waals surface area (Å²) in [5, 5.41) is 2.91. The number of hydrogen-bond donors (Lipinski definition) is 3. The highest BCUT2D eigenvalue weighted by atomic mass is 16.5. The first-order chi connectivity index (χ1) is 13.0. The van der Waals surface area contributed by atoms with Crippen LogP contribution in [0.5, 0.6) is 0 Å². The number of aliphatic imine (C=N–C) groups is 2. The number of ether oxygens (including phenoxy) is 1. The van der Waals surface area contributed by atoms with Crippen LogP contribution in [-0.2, 0) is 4.74 Å². The third-order valence-corrected chi connectivity index (χ3v) is 5.98. The van der Waals surface area contributed by atoms with Crippen molar-refractivity contribution in [2.24, 2.45) is 27.4 Å². The largest absolute Gasteiger partial charge is 0.384 e. The highest BCUT2D eigenvalue weighted by Gasteiger charge is 2.38. The van der Waals surface area contributed by atoms with Crippen LogP contribution in [0.25, 0.3) is 0 Å². The first-order valence-corrected chi connectivity index (χ1v) is 9.83. The van der Waals surface area contributed by atoms with Gasteiger partial charge in [0, 0.05) is 0 Å². The first-order valence-electron chi connectivity index (χ1n) is 9.83. The minimum Gasteiger partial charge on any atom is -0.384 e. The Balaban J connectivity index is 1.58. The molecular formula is C21H29N5O. The van der Waals surface area contributed by atoms with Crippen molar-refractivity contribution in [3.8, 4) is 0 Å². The summed E-state index contributed by atoms with van der Waals surface area (Å²) in [4.78, 5) is 9.13. The summed E-state index contributed by atoms with van der Waals surface area (Å²) in [5.74, 6) is 1.84. The van der Waals surface area contributed by atoms with Gasteiger partial charge in [-0.1, -0.05) is 24.3 Å². The van der Waals surface area contributed by atoms with Gasteiger partial charge in [-0.25, -0.2) is 9.98 Å². The van der Waals surface area contributed by atoms with Crippen molar-refractivity contribution in [2.45, 2.75) is 57.3 Å². The monoisotopic (exact) mass is 367 g/mol. The summed E-state index contributed by atoms with van der Waals surface area (Å²) in [6.07, 6.45) is 6.05. The van der Waals surface area contributed by atoms with Crippen LogP contribution in [-0.4, -0.2) is 30.4 Å². The predicted molar refractivity (Wildman–Crippen MR) is 109 cm³/mol. The third-order valence-electron chi connectivity index (χ3n) is 5.98. The van der Waals surface area contributed by atoms with Gasteiger partial charge >= 0.3 is 0 Å². The van der Waals surface area contributed by atoms with Gasteiger partial charge < -0.3 is 21.5 Å². The molecule has 27 heavy (non-hydrogen) atoms. The molecule has 0 aromatic heterocycles. The number of nitrogens with two attached hydrogens (primary N) is 2. The maximum atomic E-state index is 6.17. The molecule has 6 heteroatoms. The smallest absolute Gasteiger partial charge is 0.197 e. The molecule has 1 aliphatic carbocycles. The van der Waals surface area contributed by atoms with Crippen molar-refractivity contribution < 1.29 is 4.74 Å². The van der Waals surface area contributed by atoms with Gasteiger partial charge in [0.05, 0.1) is 12.1 Å². The number of nitrogens with zero attached hydrogens (tertiary/aromatic N) is 2. The molecule has 5 N–H and O–H groups in total. The maximum absolute atomic E-state index is 6.17. The van der Waals surface area contributed by atoms with E-state index in [4.69, 9.17) is 21.2 Å². The Hall–Kier alpha value is -2.18. The summed E-state index contributed by atoms with van der Waals surface area (Å²) in [6.45, 7) is 4.87. The topological polar surface area (TPSA) is 98.0 Å². The SMILES string of the molecule is CC1(C)OC2N=CNC(N)=C2N=C1c1ccc(C2CCC(CN)CC2)cc1. The molecule has 6 nitrogen and oxygen atoms in total. The van der Waals surface area contributed by atoms with Crippen LogP contribution in [0, 0.1) is 5.92 Å². The van der Waals surface area contributed by atoms with E-state index in [1.54, 1.807) is 6.34 Å². The summed E-state index contributed by atoms with van der Waals surface area (Å²) >= 11 is 0. The second kappa shape index (κ2) is 7.09. The number of hydrogen-bond acceptors (Lipinski definition) is 6. The zero-order valence-corrected chi connectivity index (χ0v) is 16.1. The molecule has 1 saturated carbocycles. The fourth-order valence-corrected chi connectivity index (χ4v) is 4.30. The predicted octanol–water partition coefficient (Wildman–Crippen LogP) is 2.60. The highest BCUT2D eigenvalue weighted by Crippen LogP contribution is 2.36. The number of fused-ring (bicyclic) bond motifs is 1. The molecule has 0 saturated heterocycles. The van der Waals surface area contributed by atoms with E-state index in [-0.39, 0.29) is 0 Å². The van der Waals surface area contributed by atoms with Gasteiger partial charge in [-0.2, -0.15) is 0 Å². The molecule has 0 bridgehead atoms. The summed E-state index contributed by atoms with van der Waals surface area (Å²) in [6, 6.07) is 8.79. The van der Waals surface area contributed by atoms with Gasteiger partial charge in [0.1, 0.15) is 17.1 Å². The van der Waals surface area contributed by atoms with E-state index in [1.807, 2.05) is 13.8 Å². The third kappa shape index (κ3) is 3.51. The Morgan fingerprint density at radius 3 is 2.52 bits per heavy atom. The van der Waals surface area contributed by atoms with Gasteiger partial charge in [-0.3, -0.25) is 0 Å². The van der Waals surface area contributed by atoms with Crippen molar-refractivity contribution in [2.75, 3.05) is 6.54 Å². The zero-order valence-electron chi connectivity index (χ0n) is 16.1. The second-order valence-corrected chi connectivity index (χ2v) is 8.24. The molecule has 0 spiro atoms. The van der Waals surface area contributed by atoms with Gasteiger partial charge in [0.15, 0.2) is 6.23 Å². The van der Waals surface area contributed by atoms with Crippen molar-refractivity contribution in [1.82, 2.24) is 5.32 Å². The van der Waals surface area contributed by atoms with Crippen molar-refractivity contribution in [1.29, 1.82) is 0 Å². The lowest BCUT2D eigenvalue weighted by molar-refractivity contribution is -0.0140. The lowest BCUT2D eigenvalue weighted by atomic mass is 9.78. The maximum Gasteiger partial charge on any atom is 0.197 e. The van der Waals surface area contributed by atoms with E-state index in [0.29, 0.717) is 23.4 Å². The molecule has 1 fully saturated rings. The van der Waals surface area contributed by atoms with E-state index in [9.17, 15) is 0 Å². The van der Waals surface area contributed by atoms with Gasteiger partial charge in [-0.15, -0.1) is 0 Å². The molecular weight excluding hydrogens is 338 g/mol. The Kier molecular flexibility index (Phi) is 4.78. The van der Waals surface area contributed by atoms with E-state index in [2.05, 4.69) is 34.6 Å². The minimum absolute atomic E-state index is 0.443. The summed E-state index contributed by atoms with van der Waals surface area (Å²) in [7, 11) is 0. The molecule has 144 valence electrons. The number of rotatable bonds is 3. The van der Waals surface area contributed by atoms with Crippen LogP contribution in [0.4, 0.5) is 0 Å². The average molecular weight is 367 g/mol. The molecule has 2 heterocycles. The van der Waals surface area contributed by atoms with Gasteiger partial charge in [-0.05, 0) is 69.0 Å². The highest BCUT2D eigenvalue weighted by molar-refractivity contribution is 6.07. The molecule has 1 unspecified atom stereocenters. The Morgan fingerprint density at radius 2 is 1.85 bits per heavy atom. The molecule has 0 radical (unpaired) electrons. The van der Waals surface area contributed by atoms with E-state index < -0.39 is 11.8 Å². The molecule has 4 rings (SSSR count). The number of benzene rings is 1. The molecule has 1 aromatic rings. The van der Waals surface area contributed by atoms with Gasteiger partial charge in [0.25, 0.3) is 0 Å². The Morgan fingerprint density at radius 1 is 1.15 bits per heavy atom. The van der Waals surface area contributed by atoms with Crippen LogP contribution < -0.4 is 16.8 Å². The molecule has 1 aromatic carbocycles. The normalized spacial score (nSPS) is 29.7.